The molecule has 0 rings (SSSR count). The highest BCUT2D eigenvalue weighted by molar-refractivity contribution is 7.69. The molecule has 3 N–H and O–H groups in total. The van der Waals surface area contributed by atoms with Crippen LogP contribution in [0.15, 0.2) is 0 Å². The molecule has 12 heteroatoms. The molecular weight excluding hydrogens is 422 g/mol. The molecule has 0 aliphatic carbocycles. The standard InChI is InChI=1S/C17H36N2O8P2/c1-16(20)18-11-7-3-5-9-13-26-28(22,23)15-29(24,25)27-14-10-6-4-8-12-19-17(2)21/h3-15H2,1-2H3,(H,18,20)(H,19,21)(H,22,23)(H,24,25)/p-1. The zero-order valence-electron chi connectivity index (χ0n) is 17.4. The minimum Gasteiger partial charge on any atom is -0.778 e. The summed E-state index contributed by atoms with van der Waals surface area (Å²) >= 11 is 0. The van der Waals surface area contributed by atoms with Crippen LogP contribution in [0, 0.1) is 0 Å². The predicted molar refractivity (Wildman–Crippen MR) is 109 cm³/mol. The van der Waals surface area contributed by atoms with Crippen LogP contribution in [0.5, 0.6) is 0 Å². The third-order valence-electron chi connectivity index (χ3n) is 3.82. The summed E-state index contributed by atoms with van der Waals surface area (Å²) in [5, 5.41) is 5.35. The van der Waals surface area contributed by atoms with Gasteiger partial charge in [0.1, 0.15) is 13.5 Å². The number of carbonyl (C=O) groups excluding carboxylic acids is 2. The van der Waals surface area contributed by atoms with Crippen LogP contribution in [-0.2, 0) is 27.8 Å². The van der Waals surface area contributed by atoms with Gasteiger partial charge in [0.2, 0.25) is 11.8 Å². The van der Waals surface area contributed by atoms with E-state index < -0.39 is 21.1 Å². The lowest BCUT2D eigenvalue weighted by Gasteiger charge is -2.25. The number of carbonyl (C=O) groups is 2. The van der Waals surface area contributed by atoms with Crippen molar-refractivity contribution in [3.05, 3.63) is 0 Å². The maximum atomic E-state index is 11.9. The second kappa shape index (κ2) is 16.0. The van der Waals surface area contributed by atoms with Gasteiger partial charge in [0.05, 0.1) is 13.2 Å². The molecule has 2 unspecified atom stereocenters. The molecule has 172 valence electrons. The van der Waals surface area contributed by atoms with Gasteiger partial charge in [0.25, 0.3) is 0 Å². The average Bonchev–Trinajstić information content (AvgIpc) is 2.58. The molecule has 0 aromatic rings. The molecule has 2 amide bonds. The summed E-state index contributed by atoms with van der Waals surface area (Å²) in [5.41, 5.74) is 0. The number of nitrogens with one attached hydrogen (secondary N) is 2. The van der Waals surface area contributed by atoms with Crippen LogP contribution in [0.2, 0.25) is 0 Å². The van der Waals surface area contributed by atoms with Crippen molar-refractivity contribution in [3.8, 4) is 0 Å². The highest BCUT2D eigenvalue weighted by atomic mass is 31.2. The maximum Gasteiger partial charge on any atom is 0.336 e. The summed E-state index contributed by atoms with van der Waals surface area (Å²) in [6, 6.07) is 0. The van der Waals surface area contributed by atoms with Crippen LogP contribution in [-0.4, -0.2) is 48.9 Å². The molecule has 0 saturated heterocycles. The highest BCUT2D eigenvalue weighted by Gasteiger charge is 2.27. The van der Waals surface area contributed by atoms with E-state index in [1.165, 1.54) is 13.8 Å². The van der Waals surface area contributed by atoms with Crippen molar-refractivity contribution >= 4 is 27.0 Å². The van der Waals surface area contributed by atoms with Gasteiger partial charge in [0.15, 0.2) is 0 Å². The van der Waals surface area contributed by atoms with Crippen LogP contribution in [0.25, 0.3) is 0 Å². The largest absolute Gasteiger partial charge is 0.778 e. The van der Waals surface area contributed by atoms with E-state index in [4.69, 9.17) is 9.05 Å². The Hall–Kier alpha value is -0.760. The monoisotopic (exact) mass is 457 g/mol. The van der Waals surface area contributed by atoms with Crippen molar-refractivity contribution in [3.63, 3.8) is 0 Å². The third kappa shape index (κ3) is 20.3. The molecule has 0 bridgehead atoms. The summed E-state index contributed by atoms with van der Waals surface area (Å²) in [4.78, 5) is 42.9. The molecule has 0 aliphatic heterocycles. The molecule has 0 fully saturated rings. The first-order valence-corrected chi connectivity index (χ1v) is 13.4. The molecule has 0 aromatic carbocycles. The van der Waals surface area contributed by atoms with Gasteiger partial charge in [0, 0.05) is 26.9 Å². The van der Waals surface area contributed by atoms with E-state index in [0.717, 1.165) is 38.5 Å². The molecule has 0 aliphatic rings. The number of hydrogen-bond donors (Lipinski definition) is 3. The van der Waals surface area contributed by atoms with Crippen molar-refractivity contribution in [2.75, 3.05) is 32.2 Å². The maximum absolute atomic E-state index is 11.9. The van der Waals surface area contributed by atoms with E-state index in [-0.39, 0.29) is 25.0 Å². The van der Waals surface area contributed by atoms with Crippen LogP contribution in [0.1, 0.15) is 65.2 Å². The van der Waals surface area contributed by atoms with Gasteiger partial charge in [-0.25, -0.2) is 0 Å². The lowest BCUT2D eigenvalue weighted by molar-refractivity contribution is -0.197. The summed E-state index contributed by atoms with van der Waals surface area (Å²) < 4.78 is 33.4. The molecule has 2 atom stereocenters. The minimum atomic E-state index is -4.45. The third-order valence-corrected chi connectivity index (χ3v) is 7.80. The normalized spacial score (nSPS) is 15.3. The quantitative estimate of drug-likeness (QED) is 0.209. The molecule has 29 heavy (non-hydrogen) atoms. The summed E-state index contributed by atoms with van der Waals surface area (Å²) in [5.74, 6) is -1.20. The van der Waals surface area contributed by atoms with Crippen LogP contribution < -0.4 is 15.5 Å². The Labute approximate surface area is 173 Å². The van der Waals surface area contributed by atoms with Crippen molar-refractivity contribution in [2.24, 2.45) is 0 Å². The van der Waals surface area contributed by atoms with E-state index in [1.807, 2.05) is 0 Å². The summed E-state index contributed by atoms with van der Waals surface area (Å²) in [7, 11) is -8.72. The molecule has 0 saturated carbocycles. The summed E-state index contributed by atoms with van der Waals surface area (Å²) in [6.07, 6.45) is 5.73. The summed E-state index contributed by atoms with van der Waals surface area (Å²) in [6.45, 7) is 4.00. The molecule has 0 heterocycles. The molecule has 0 radical (unpaired) electrons. The fraction of sp³-hybridized carbons (Fsp3) is 0.882. The number of amides is 2. The number of rotatable bonds is 18. The number of unbranched alkanes of at least 4 members (excludes halogenated alkanes) is 6. The second-order valence-electron chi connectivity index (χ2n) is 6.85. The Bertz CT molecular complexity index is 526. The molecule has 10 nitrogen and oxygen atoms in total. The van der Waals surface area contributed by atoms with Gasteiger partial charge < -0.3 is 34.0 Å². The van der Waals surface area contributed by atoms with Gasteiger partial charge in [-0.3, -0.25) is 14.2 Å². The minimum absolute atomic E-state index is 0.0117. The lowest BCUT2D eigenvalue weighted by Crippen LogP contribution is -2.20. The fourth-order valence-electron chi connectivity index (χ4n) is 2.40. The van der Waals surface area contributed by atoms with Gasteiger partial charge in [-0.15, -0.1) is 0 Å². The fourth-order valence-corrected chi connectivity index (χ4v) is 5.63. The Balaban J connectivity index is 3.79. The van der Waals surface area contributed by atoms with Gasteiger partial charge in [-0.2, -0.15) is 0 Å². The van der Waals surface area contributed by atoms with E-state index in [0.29, 0.717) is 25.9 Å². The molecule has 0 spiro atoms. The van der Waals surface area contributed by atoms with Crippen LogP contribution >= 0.6 is 15.2 Å². The highest BCUT2D eigenvalue weighted by Crippen LogP contribution is 2.56. The zero-order valence-corrected chi connectivity index (χ0v) is 19.2. The first kappa shape index (κ1) is 28.2. The molecular formula is C17H35N2O8P2-. The Morgan fingerprint density at radius 2 is 1.21 bits per heavy atom. The first-order valence-electron chi connectivity index (χ1n) is 9.94. The van der Waals surface area contributed by atoms with Crippen molar-refractivity contribution < 1.29 is 37.6 Å². The SMILES string of the molecule is CC(=O)NCCCCCCOP(=O)([O-])CP(=O)(O)OCCCCCCNC(C)=O. The average molecular weight is 457 g/mol. The Morgan fingerprint density at radius 3 is 1.66 bits per heavy atom. The predicted octanol–water partition coefficient (Wildman–Crippen LogP) is 2.11. The zero-order chi connectivity index (χ0) is 22.2. The second-order valence-corrected chi connectivity index (χ2v) is 11.0. The van der Waals surface area contributed by atoms with Crippen LogP contribution in [0.3, 0.4) is 0 Å². The Kier molecular flexibility index (Phi) is 15.6. The number of hydrogen-bond acceptors (Lipinski definition) is 7. The van der Waals surface area contributed by atoms with E-state index in [1.54, 1.807) is 0 Å². The Morgan fingerprint density at radius 1 is 0.793 bits per heavy atom. The van der Waals surface area contributed by atoms with E-state index in [2.05, 4.69) is 10.6 Å². The van der Waals surface area contributed by atoms with Crippen molar-refractivity contribution in [1.29, 1.82) is 0 Å². The van der Waals surface area contributed by atoms with E-state index >= 15 is 0 Å². The van der Waals surface area contributed by atoms with Gasteiger partial charge in [-0.1, -0.05) is 25.7 Å². The first-order chi connectivity index (χ1) is 13.5. The smallest absolute Gasteiger partial charge is 0.336 e. The van der Waals surface area contributed by atoms with Gasteiger partial charge in [-0.05, 0) is 25.7 Å². The van der Waals surface area contributed by atoms with Gasteiger partial charge >= 0.3 is 7.60 Å². The van der Waals surface area contributed by atoms with Crippen molar-refractivity contribution in [1.82, 2.24) is 10.6 Å². The van der Waals surface area contributed by atoms with Crippen LogP contribution in [0.4, 0.5) is 0 Å². The van der Waals surface area contributed by atoms with Crippen molar-refractivity contribution in [2.45, 2.75) is 65.2 Å². The van der Waals surface area contributed by atoms with E-state index in [9.17, 15) is 28.5 Å². The lowest BCUT2D eigenvalue weighted by atomic mass is 10.2. The topological polar surface area (TPSA) is 154 Å². The molecule has 0 aromatic heterocycles.